The van der Waals surface area contributed by atoms with Gasteiger partial charge < -0.3 is 4.90 Å². The lowest BCUT2D eigenvalue weighted by Crippen LogP contribution is -2.35. The van der Waals surface area contributed by atoms with E-state index in [1.165, 1.54) is 0 Å². The van der Waals surface area contributed by atoms with Crippen molar-refractivity contribution in [3.05, 3.63) is 16.3 Å². The second-order valence-corrected chi connectivity index (χ2v) is 4.05. The number of hydrogen-bond donors (Lipinski definition) is 0. The molecule has 0 atom stereocenters. The monoisotopic (exact) mass is 267 g/mol. The summed E-state index contributed by atoms with van der Waals surface area (Å²) < 4.78 is 37.1. The largest absolute Gasteiger partial charge is 0.405 e. The third-order valence-electron chi connectivity index (χ3n) is 2.49. The Bertz CT molecular complexity index is 407. The fraction of sp³-hybridized carbons (Fsp3) is 0.600. The second-order valence-electron chi connectivity index (χ2n) is 3.69. The molecule has 0 aliphatic rings. The van der Waals surface area contributed by atoms with Gasteiger partial charge in [0.2, 0.25) is 0 Å². The Labute approximate surface area is 103 Å². The summed E-state index contributed by atoms with van der Waals surface area (Å²) in [5.41, 5.74) is 1.27. The SMILES string of the molecule is CCN(CC(F)(F)F)c1nnc(Cl)c(C)c1C. The van der Waals surface area contributed by atoms with Crippen LogP contribution in [0.25, 0.3) is 0 Å². The average molecular weight is 268 g/mol. The molecule has 7 heteroatoms. The summed E-state index contributed by atoms with van der Waals surface area (Å²) in [5.74, 6) is 0.228. The lowest BCUT2D eigenvalue weighted by atomic mass is 10.2. The molecule has 17 heavy (non-hydrogen) atoms. The molecule has 0 radical (unpaired) electrons. The molecule has 0 aliphatic heterocycles. The van der Waals surface area contributed by atoms with Gasteiger partial charge in [0.1, 0.15) is 6.54 Å². The maximum absolute atomic E-state index is 12.4. The van der Waals surface area contributed by atoms with Crippen molar-refractivity contribution < 1.29 is 13.2 Å². The molecule has 0 aromatic carbocycles. The topological polar surface area (TPSA) is 29.0 Å². The molecule has 0 N–H and O–H groups in total. The van der Waals surface area contributed by atoms with Gasteiger partial charge in [0.25, 0.3) is 0 Å². The van der Waals surface area contributed by atoms with Crippen LogP contribution < -0.4 is 4.90 Å². The molecule has 0 unspecified atom stereocenters. The van der Waals surface area contributed by atoms with E-state index >= 15 is 0 Å². The van der Waals surface area contributed by atoms with Gasteiger partial charge in [-0.15, -0.1) is 10.2 Å². The highest BCUT2D eigenvalue weighted by Gasteiger charge is 2.31. The summed E-state index contributed by atoms with van der Waals surface area (Å²) in [6.45, 7) is 4.19. The van der Waals surface area contributed by atoms with Gasteiger partial charge in [0.15, 0.2) is 11.0 Å². The Morgan fingerprint density at radius 2 is 1.76 bits per heavy atom. The zero-order valence-electron chi connectivity index (χ0n) is 9.77. The number of anilines is 1. The van der Waals surface area contributed by atoms with Gasteiger partial charge in [-0.2, -0.15) is 13.2 Å². The van der Waals surface area contributed by atoms with Crippen LogP contribution in [0.5, 0.6) is 0 Å². The minimum absolute atomic E-state index is 0.204. The zero-order valence-corrected chi connectivity index (χ0v) is 10.5. The molecule has 3 nitrogen and oxygen atoms in total. The van der Waals surface area contributed by atoms with E-state index < -0.39 is 12.7 Å². The summed E-state index contributed by atoms with van der Waals surface area (Å²) in [6.07, 6.45) is -4.27. The van der Waals surface area contributed by atoms with Crippen LogP contribution in [-0.2, 0) is 0 Å². The van der Waals surface area contributed by atoms with Crippen molar-refractivity contribution in [3.8, 4) is 0 Å². The van der Waals surface area contributed by atoms with Crippen molar-refractivity contribution in [1.82, 2.24) is 10.2 Å². The predicted molar refractivity (Wildman–Crippen MR) is 60.5 cm³/mol. The fourth-order valence-electron chi connectivity index (χ4n) is 1.42. The molecule has 0 aliphatic carbocycles. The van der Waals surface area contributed by atoms with Gasteiger partial charge in [-0.25, -0.2) is 0 Å². The van der Waals surface area contributed by atoms with Gasteiger partial charge >= 0.3 is 6.18 Å². The first kappa shape index (κ1) is 14.0. The lowest BCUT2D eigenvalue weighted by molar-refractivity contribution is -0.119. The molecule has 0 bridgehead atoms. The fourth-order valence-corrected chi connectivity index (χ4v) is 1.60. The van der Waals surface area contributed by atoms with Crippen LogP contribution in [0, 0.1) is 13.8 Å². The Balaban J connectivity index is 3.09. The van der Waals surface area contributed by atoms with Crippen molar-refractivity contribution in [1.29, 1.82) is 0 Å². The molecule has 1 rings (SSSR count). The zero-order chi connectivity index (χ0) is 13.2. The van der Waals surface area contributed by atoms with Crippen LogP contribution in [-0.4, -0.2) is 29.5 Å². The molecule has 0 fully saturated rings. The summed E-state index contributed by atoms with van der Waals surface area (Å²) >= 11 is 5.75. The molecule has 1 heterocycles. The van der Waals surface area contributed by atoms with E-state index in [-0.39, 0.29) is 17.5 Å². The van der Waals surface area contributed by atoms with Gasteiger partial charge in [0, 0.05) is 6.54 Å². The van der Waals surface area contributed by atoms with E-state index in [1.807, 2.05) is 0 Å². The number of hydrogen-bond acceptors (Lipinski definition) is 3. The van der Waals surface area contributed by atoms with E-state index in [1.54, 1.807) is 20.8 Å². The van der Waals surface area contributed by atoms with E-state index in [4.69, 9.17) is 11.6 Å². The summed E-state index contributed by atoms with van der Waals surface area (Å²) in [7, 11) is 0. The maximum Gasteiger partial charge on any atom is 0.405 e. The molecular weight excluding hydrogens is 255 g/mol. The van der Waals surface area contributed by atoms with Crippen LogP contribution >= 0.6 is 11.6 Å². The number of rotatable bonds is 3. The van der Waals surface area contributed by atoms with Crippen LogP contribution in [0.2, 0.25) is 5.15 Å². The van der Waals surface area contributed by atoms with Crippen LogP contribution in [0.15, 0.2) is 0 Å². The summed E-state index contributed by atoms with van der Waals surface area (Å²) in [5, 5.41) is 7.60. The predicted octanol–water partition coefficient (Wildman–Crippen LogP) is 3.14. The van der Waals surface area contributed by atoms with E-state index in [2.05, 4.69) is 10.2 Å². The minimum Gasteiger partial charge on any atom is -0.346 e. The highest BCUT2D eigenvalue weighted by Crippen LogP contribution is 2.26. The Morgan fingerprint density at radius 3 is 2.24 bits per heavy atom. The van der Waals surface area contributed by atoms with Crippen LogP contribution in [0.4, 0.5) is 19.0 Å². The van der Waals surface area contributed by atoms with E-state index in [0.717, 1.165) is 4.90 Å². The van der Waals surface area contributed by atoms with Crippen molar-refractivity contribution in [3.63, 3.8) is 0 Å². The number of alkyl halides is 3. The molecule has 0 amide bonds. The molecule has 0 saturated carbocycles. The standard InChI is InChI=1S/C10H13ClF3N3/c1-4-17(5-10(12,13)14)9-7(3)6(2)8(11)15-16-9/h4-5H2,1-3H3. The smallest absolute Gasteiger partial charge is 0.346 e. The maximum atomic E-state index is 12.4. The van der Waals surface area contributed by atoms with Crippen LogP contribution in [0.1, 0.15) is 18.1 Å². The highest BCUT2D eigenvalue weighted by molar-refractivity contribution is 6.30. The molecular formula is C10H13ClF3N3. The third kappa shape index (κ3) is 3.46. The average Bonchev–Trinajstić information content (AvgIpc) is 2.22. The van der Waals surface area contributed by atoms with Gasteiger partial charge in [-0.3, -0.25) is 0 Å². The Morgan fingerprint density at radius 1 is 1.18 bits per heavy atom. The highest BCUT2D eigenvalue weighted by atomic mass is 35.5. The third-order valence-corrected chi connectivity index (χ3v) is 2.85. The normalized spacial score (nSPS) is 11.7. The molecule has 1 aromatic rings. The van der Waals surface area contributed by atoms with Crippen molar-refractivity contribution >= 4 is 17.4 Å². The second kappa shape index (κ2) is 5.08. The molecule has 1 aromatic heterocycles. The molecule has 0 saturated heterocycles. The number of halogens is 4. The first-order valence-electron chi connectivity index (χ1n) is 5.07. The lowest BCUT2D eigenvalue weighted by Gasteiger charge is -2.24. The van der Waals surface area contributed by atoms with Crippen molar-refractivity contribution in [2.45, 2.75) is 26.9 Å². The first-order valence-corrected chi connectivity index (χ1v) is 5.45. The van der Waals surface area contributed by atoms with Gasteiger partial charge in [0.05, 0.1) is 0 Å². The summed E-state index contributed by atoms with van der Waals surface area (Å²) in [6, 6.07) is 0. The number of aromatic nitrogens is 2. The summed E-state index contributed by atoms with van der Waals surface area (Å²) in [4.78, 5) is 1.13. The Hall–Kier alpha value is -1.04. The Kier molecular flexibility index (Phi) is 4.19. The van der Waals surface area contributed by atoms with E-state index in [9.17, 15) is 13.2 Å². The molecule has 0 spiro atoms. The van der Waals surface area contributed by atoms with Gasteiger partial charge in [-0.1, -0.05) is 11.6 Å². The first-order chi connectivity index (χ1) is 7.76. The minimum atomic E-state index is -4.27. The van der Waals surface area contributed by atoms with Crippen LogP contribution in [0.3, 0.4) is 0 Å². The van der Waals surface area contributed by atoms with Crippen molar-refractivity contribution in [2.75, 3.05) is 18.0 Å². The quantitative estimate of drug-likeness (QED) is 0.842. The number of nitrogens with zero attached hydrogens (tertiary/aromatic N) is 3. The van der Waals surface area contributed by atoms with E-state index in [0.29, 0.717) is 11.1 Å². The van der Waals surface area contributed by atoms with Crippen molar-refractivity contribution in [2.24, 2.45) is 0 Å². The molecule has 96 valence electrons. The van der Waals surface area contributed by atoms with Gasteiger partial charge in [-0.05, 0) is 31.9 Å².